The number of primary amides is 1. The number of rotatable bonds is 7. The number of methoxy groups -OCH3 is 3. The Morgan fingerprint density at radius 2 is 1.67 bits per heavy atom. The van der Waals surface area contributed by atoms with Crippen LogP contribution in [0.5, 0.6) is 11.5 Å². The molecular weight excluding hydrogens is 460 g/mol. The van der Waals surface area contributed by atoms with Crippen LogP contribution in [0, 0.1) is 5.92 Å². The average Bonchev–Trinajstić information content (AvgIpc) is 3.42. The highest BCUT2D eigenvalue weighted by molar-refractivity contribution is 5.95. The van der Waals surface area contributed by atoms with E-state index >= 15 is 0 Å². The Kier molecular flexibility index (Phi) is 6.95. The maximum atomic E-state index is 11.6. The molecule has 10 heteroatoms. The lowest BCUT2D eigenvalue weighted by atomic mass is 9.93. The van der Waals surface area contributed by atoms with Gasteiger partial charge in [-0.3, -0.25) is 9.48 Å². The molecule has 192 valence electrons. The molecule has 1 aliphatic heterocycles. The number of amides is 1. The number of benzene rings is 1. The van der Waals surface area contributed by atoms with Crippen LogP contribution >= 0.6 is 0 Å². The van der Waals surface area contributed by atoms with Crippen molar-refractivity contribution in [3.05, 3.63) is 24.5 Å². The van der Waals surface area contributed by atoms with Crippen molar-refractivity contribution in [2.45, 2.75) is 50.7 Å². The number of hydrogen-bond acceptors (Lipinski definition) is 8. The molecular formula is C26H34N6O4. The van der Waals surface area contributed by atoms with Crippen LogP contribution in [0.1, 0.15) is 44.6 Å². The molecule has 3 aromatic rings. The third-order valence-electron chi connectivity index (χ3n) is 7.60. The van der Waals surface area contributed by atoms with Crippen LogP contribution in [-0.2, 0) is 9.53 Å². The summed E-state index contributed by atoms with van der Waals surface area (Å²) in [5.74, 6) is 1.52. The maximum absolute atomic E-state index is 11.6. The molecule has 5 rings (SSSR count). The highest BCUT2D eigenvalue weighted by Gasteiger charge is 2.27. The number of anilines is 1. The number of hydrogen-bond donors (Lipinski definition) is 1. The standard InChI is InChI=1S/C26H34N6O4/c1-34-19-6-4-18(5-7-19)32-15-17(14-28-32)24-20-12-22(35-2)23(36-3)13-21(20)29-26(30-24)31-10-8-16(9-11-31)25(27)33/h12-16,18-19H,4-11H2,1-3H3,(H2,27,33). The first-order chi connectivity index (χ1) is 17.5. The van der Waals surface area contributed by atoms with Gasteiger partial charge < -0.3 is 24.8 Å². The second-order valence-corrected chi connectivity index (χ2v) is 9.64. The summed E-state index contributed by atoms with van der Waals surface area (Å²) in [5, 5.41) is 5.58. The Morgan fingerprint density at radius 3 is 2.31 bits per heavy atom. The minimum absolute atomic E-state index is 0.100. The van der Waals surface area contributed by atoms with E-state index in [1.807, 2.05) is 18.3 Å². The fourth-order valence-corrected chi connectivity index (χ4v) is 5.37. The van der Waals surface area contributed by atoms with Crippen molar-refractivity contribution < 1.29 is 19.0 Å². The lowest BCUT2D eigenvalue weighted by Crippen LogP contribution is -2.39. The molecule has 1 aliphatic carbocycles. The molecule has 1 saturated carbocycles. The maximum Gasteiger partial charge on any atom is 0.226 e. The van der Waals surface area contributed by atoms with Crippen LogP contribution in [0.2, 0.25) is 0 Å². The topological polar surface area (TPSA) is 118 Å². The van der Waals surface area contributed by atoms with E-state index in [0.29, 0.717) is 55.5 Å². The Labute approximate surface area is 210 Å². The largest absolute Gasteiger partial charge is 0.493 e. The number of ether oxygens (including phenoxy) is 3. The molecule has 36 heavy (non-hydrogen) atoms. The molecule has 10 nitrogen and oxygen atoms in total. The number of piperidine rings is 1. The summed E-state index contributed by atoms with van der Waals surface area (Å²) in [6.45, 7) is 1.35. The second-order valence-electron chi connectivity index (χ2n) is 9.64. The van der Waals surface area contributed by atoms with Crippen molar-refractivity contribution in [1.82, 2.24) is 19.7 Å². The van der Waals surface area contributed by atoms with E-state index in [0.717, 1.165) is 47.8 Å². The molecule has 1 amide bonds. The minimum atomic E-state index is -0.237. The highest BCUT2D eigenvalue weighted by Crippen LogP contribution is 2.38. The molecule has 0 radical (unpaired) electrons. The number of nitrogens with two attached hydrogens (primary N) is 1. The second kappa shape index (κ2) is 10.3. The van der Waals surface area contributed by atoms with E-state index in [-0.39, 0.29) is 11.8 Å². The predicted molar refractivity (Wildman–Crippen MR) is 136 cm³/mol. The Hall–Kier alpha value is -3.40. The van der Waals surface area contributed by atoms with Gasteiger partial charge in [0.2, 0.25) is 11.9 Å². The summed E-state index contributed by atoms with van der Waals surface area (Å²) in [6, 6.07) is 4.16. The number of aromatic nitrogens is 4. The van der Waals surface area contributed by atoms with Gasteiger partial charge in [0.1, 0.15) is 0 Å². The first-order valence-electron chi connectivity index (χ1n) is 12.6. The monoisotopic (exact) mass is 494 g/mol. The molecule has 2 aliphatic rings. The summed E-state index contributed by atoms with van der Waals surface area (Å²) in [6.07, 6.45) is 9.84. The Balaban J connectivity index is 1.53. The lowest BCUT2D eigenvalue weighted by Gasteiger charge is -2.31. The zero-order chi connectivity index (χ0) is 25.2. The van der Waals surface area contributed by atoms with E-state index in [4.69, 9.17) is 35.0 Å². The van der Waals surface area contributed by atoms with Gasteiger partial charge in [0.05, 0.1) is 43.8 Å². The Bertz CT molecular complexity index is 1230. The van der Waals surface area contributed by atoms with Gasteiger partial charge >= 0.3 is 0 Å². The van der Waals surface area contributed by atoms with Crippen molar-refractivity contribution in [1.29, 1.82) is 0 Å². The minimum Gasteiger partial charge on any atom is -0.493 e. The van der Waals surface area contributed by atoms with E-state index in [2.05, 4.69) is 15.8 Å². The molecule has 2 aromatic heterocycles. The van der Waals surface area contributed by atoms with Crippen LogP contribution in [0.3, 0.4) is 0 Å². The average molecular weight is 495 g/mol. The molecule has 0 spiro atoms. The van der Waals surface area contributed by atoms with E-state index in [1.165, 1.54) is 0 Å². The van der Waals surface area contributed by atoms with E-state index in [1.54, 1.807) is 21.3 Å². The van der Waals surface area contributed by atoms with Crippen LogP contribution in [0.25, 0.3) is 22.2 Å². The van der Waals surface area contributed by atoms with Gasteiger partial charge in [-0.05, 0) is 44.6 Å². The molecule has 0 atom stereocenters. The third-order valence-corrected chi connectivity index (χ3v) is 7.60. The zero-order valence-electron chi connectivity index (χ0n) is 21.1. The van der Waals surface area contributed by atoms with Crippen LogP contribution in [-0.4, -0.2) is 66.2 Å². The van der Waals surface area contributed by atoms with Gasteiger partial charge in [-0.1, -0.05) is 0 Å². The first kappa shape index (κ1) is 24.3. The van der Waals surface area contributed by atoms with Crippen LogP contribution in [0.4, 0.5) is 5.95 Å². The fourth-order valence-electron chi connectivity index (χ4n) is 5.37. The number of fused-ring (bicyclic) bond motifs is 1. The molecule has 1 aromatic carbocycles. The number of carbonyl (C=O) groups is 1. The summed E-state index contributed by atoms with van der Waals surface area (Å²) < 4.78 is 18.7. The molecule has 0 unspecified atom stereocenters. The van der Waals surface area contributed by atoms with Gasteiger partial charge in [0, 0.05) is 49.3 Å². The van der Waals surface area contributed by atoms with Gasteiger partial charge in [-0.15, -0.1) is 0 Å². The van der Waals surface area contributed by atoms with Crippen molar-refractivity contribution in [3.8, 4) is 22.8 Å². The number of carbonyl (C=O) groups excluding carboxylic acids is 1. The fraction of sp³-hybridized carbons (Fsp3) is 0.538. The third kappa shape index (κ3) is 4.69. The zero-order valence-corrected chi connectivity index (χ0v) is 21.1. The molecule has 1 saturated heterocycles. The number of nitrogens with zero attached hydrogens (tertiary/aromatic N) is 5. The molecule has 0 bridgehead atoms. The predicted octanol–water partition coefficient (Wildman–Crippen LogP) is 3.34. The van der Waals surface area contributed by atoms with Crippen LogP contribution < -0.4 is 20.1 Å². The van der Waals surface area contributed by atoms with Gasteiger partial charge in [0.15, 0.2) is 11.5 Å². The molecule has 2 fully saturated rings. The van der Waals surface area contributed by atoms with Crippen LogP contribution in [0.15, 0.2) is 24.5 Å². The van der Waals surface area contributed by atoms with Crippen molar-refractivity contribution in [2.75, 3.05) is 39.3 Å². The summed E-state index contributed by atoms with van der Waals surface area (Å²) in [4.78, 5) is 23.6. The highest BCUT2D eigenvalue weighted by atomic mass is 16.5. The Morgan fingerprint density at radius 1 is 0.972 bits per heavy atom. The quantitative estimate of drug-likeness (QED) is 0.531. The van der Waals surface area contributed by atoms with Crippen molar-refractivity contribution in [2.24, 2.45) is 11.7 Å². The molecule has 2 N–H and O–H groups in total. The first-order valence-corrected chi connectivity index (χ1v) is 12.6. The van der Waals surface area contributed by atoms with E-state index < -0.39 is 0 Å². The molecule has 3 heterocycles. The van der Waals surface area contributed by atoms with Crippen molar-refractivity contribution in [3.63, 3.8) is 0 Å². The SMILES string of the molecule is COc1cc2nc(N3CCC(C(N)=O)CC3)nc(-c3cnn(C4CCC(OC)CC4)c3)c2cc1OC. The summed E-state index contributed by atoms with van der Waals surface area (Å²) in [7, 11) is 5.02. The van der Waals surface area contributed by atoms with Gasteiger partial charge in [-0.2, -0.15) is 5.10 Å². The summed E-state index contributed by atoms with van der Waals surface area (Å²) in [5.41, 5.74) is 8.02. The lowest BCUT2D eigenvalue weighted by molar-refractivity contribution is -0.122. The summed E-state index contributed by atoms with van der Waals surface area (Å²) >= 11 is 0. The van der Waals surface area contributed by atoms with Gasteiger partial charge in [-0.25, -0.2) is 9.97 Å². The van der Waals surface area contributed by atoms with Crippen molar-refractivity contribution >= 4 is 22.8 Å². The van der Waals surface area contributed by atoms with Gasteiger partial charge in [0.25, 0.3) is 0 Å². The van der Waals surface area contributed by atoms with E-state index in [9.17, 15) is 4.79 Å². The smallest absolute Gasteiger partial charge is 0.226 e. The normalized spacial score (nSPS) is 21.0.